The summed E-state index contributed by atoms with van der Waals surface area (Å²) in [5, 5.41) is 9.86. The van der Waals surface area contributed by atoms with Crippen LogP contribution in [0.2, 0.25) is 0 Å². The molecule has 0 aliphatic carbocycles. The van der Waals surface area contributed by atoms with E-state index in [0.717, 1.165) is 11.1 Å². The van der Waals surface area contributed by atoms with Crippen LogP contribution in [-0.4, -0.2) is 22.3 Å². The highest BCUT2D eigenvalue weighted by molar-refractivity contribution is 6.11. The van der Waals surface area contributed by atoms with Gasteiger partial charge in [0.1, 0.15) is 5.60 Å². The highest BCUT2D eigenvalue weighted by atomic mass is 16.3. The van der Waals surface area contributed by atoms with Crippen LogP contribution in [0.25, 0.3) is 0 Å². The second kappa shape index (κ2) is 5.85. The number of aliphatic hydroxyl groups is 1. The molecule has 2 rings (SSSR count). The SMILES string of the molecule is Cc1cc(C(=O)C(C)(C)O)cc(C)c1C(=O)c1ccccc1. The summed E-state index contributed by atoms with van der Waals surface area (Å²) in [5.74, 6) is -0.407. The van der Waals surface area contributed by atoms with Crippen molar-refractivity contribution >= 4 is 11.6 Å². The Morgan fingerprint density at radius 1 is 0.909 bits per heavy atom. The summed E-state index contributed by atoms with van der Waals surface area (Å²) in [6, 6.07) is 12.4. The van der Waals surface area contributed by atoms with Crippen molar-refractivity contribution in [2.75, 3.05) is 0 Å². The summed E-state index contributed by atoms with van der Waals surface area (Å²) in [6.07, 6.45) is 0. The quantitative estimate of drug-likeness (QED) is 0.879. The summed E-state index contributed by atoms with van der Waals surface area (Å²) in [6.45, 7) is 6.54. The Hall–Kier alpha value is -2.26. The smallest absolute Gasteiger partial charge is 0.193 e. The van der Waals surface area contributed by atoms with Gasteiger partial charge in [-0.2, -0.15) is 0 Å². The van der Waals surface area contributed by atoms with Crippen molar-refractivity contribution in [3.8, 4) is 0 Å². The third-order valence-electron chi connectivity index (χ3n) is 3.61. The van der Waals surface area contributed by atoms with Gasteiger partial charge >= 0.3 is 0 Å². The van der Waals surface area contributed by atoms with E-state index >= 15 is 0 Å². The zero-order valence-electron chi connectivity index (χ0n) is 13.3. The average Bonchev–Trinajstić information content (AvgIpc) is 2.45. The second-order valence-electron chi connectivity index (χ2n) is 6.07. The molecule has 0 saturated carbocycles. The van der Waals surface area contributed by atoms with E-state index < -0.39 is 5.60 Å². The van der Waals surface area contributed by atoms with E-state index in [1.165, 1.54) is 13.8 Å². The van der Waals surface area contributed by atoms with Crippen molar-refractivity contribution in [1.82, 2.24) is 0 Å². The highest BCUT2D eigenvalue weighted by Gasteiger charge is 2.26. The van der Waals surface area contributed by atoms with Crippen LogP contribution in [0, 0.1) is 13.8 Å². The summed E-state index contributed by atoms with van der Waals surface area (Å²) in [5.41, 5.74) is 1.70. The molecule has 0 heterocycles. The molecular formula is C19H20O3. The molecule has 2 aromatic carbocycles. The minimum Gasteiger partial charge on any atom is -0.382 e. The molecule has 0 fully saturated rings. The maximum absolute atomic E-state index is 12.6. The van der Waals surface area contributed by atoms with Gasteiger partial charge in [0.25, 0.3) is 0 Å². The molecule has 0 amide bonds. The normalized spacial score (nSPS) is 11.3. The number of aryl methyl sites for hydroxylation is 2. The van der Waals surface area contributed by atoms with Crippen LogP contribution in [-0.2, 0) is 0 Å². The molecule has 0 spiro atoms. The van der Waals surface area contributed by atoms with Gasteiger partial charge in [0.2, 0.25) is 0 Å². The molecule has 3 nitrogen and oxygen atoms in total. The molecule has 114 valence electrons. The Bertz CT molecular complexity index is 699. The van der Waals surface area contributed by atoms with Gasteiger partial charge in [0.05, 0.1) is 0 Å². The molecule has 0 unspecified atom stereocenters. The van der Waals surface area contributed by atoms with Gasteiger partial charge in [-0.05, 0) is 51.0 Å². The lowest BCUT2D eigenvalue weighted by molar-refractivity contribution is 0.0488. The maximum atomic E-state index is 12.6. The second-order valence-corrected chi connectivity index (χ2v) is 6.07. The number of benzene rings is 2. The van der Waals surface area contributed by atoms with Gasteiger partial charge in [-0.1, -0.05) is 30.3 Å². The van der Waals surface area contributed by atoms with Crippen molar-refractivity contribution < 1.29 is 14.7 Å². The standard InChI is InChI=1S/C19H20O3/c1-12-10-15(18(21)19(3,4)22)11-13(2)16(12)17(20)14-8-6-5-7-9-14/h5-11,22H,1-4H3. The van der Waals surface area contributed by atoms with Crippen LogP contribution in [0.3, 0.4) is 0 Å². The number of carbonyl (C=O) groups excluding carboxylic acids is 2. The van der Waals surface area contributed by atoms with E-state index in [0.29, 0.717) is 16.7 Å². The monoisotopic (exact) mass is 296 g/mol. The Labute approximate surface area is 130 Å². The van der Waals surface area contributed by atoms with Crippen molar-refractivity contribution in [1.29, 1.82) is 0 Å². The highest BCUT2D eigenvalue weighted by Crippen LogP contribution is 2.23. The first-order valence-corrected chi connectivity index (χ1v) is 7.20. The Morgan fingerprint density at radius 2 is 1.41 bits per heavy atom. The molecule has 3 heteroatoms. The lowest BCUT2D eigenvalue weighted by Crippen LogP contribution is -2.31. The fraction of sp³-hybridized carbons (Fsp3) is 0.263. The molecule has 2 aromatic rings. The van der Waals surface area contributed by atoms with Crippen LogP contribution in [0.1, 0.15) is 51.3 Å². The minimum atomic E-state index is -1.43. The van der Waals surface area contributed by atoms with Crippen molar-refractivity contribution in [2.24, 2.45) is 0 Å². The van der Waals surface area contributed by atoms with Gasteiger partial charge in [-0.3, -0.25) is 9.59 Å². The predicted molar refractivity (Wildman–Crippen MR) is 86.4 cm³/mol. The molecule has 0 radical (unpaired) electrons. The van der Waals surface area contributed by atoms with E-state index in [2.05, 4.69) is 0 Å². The van der Waals surface area contributed by atoms with E-state index in [4.69, 9.17) is 0 Å². The Balaban J connectivity index is 2.49. The van der Waals surface area contributed by atoms with Gasteiger partial charge < -0.3 is 5.11 Å². The number of carbonyl (C=O) groups is 2. The lowest BCUT2D eigenvalue weighted by atomic mass is 9.89. The molecule has 22 heavy (non-hydrogen) atoms. The number of hydrogen-bond donors (Lipinski definition) is 1. The van der Waals surface area contributed by atoms with Gasteiger partial charge in [0, 0.05) is 16.7 Å². The van der Waals surface area contributed by atoms with Gasteiger partial charge in [0.15, 0.2) is 11.6 Å². The minimum absolute atomic E-state index is 0.0575. The third kappa shape index (κ3) is 3.15. The largest absolute Gasteiger partial charge is 0.382 e. The molecule has 0 bridgehead atoms. The molecule has 0 atom stereocenters. The summed E-state index contributed by atoms with van der Waals surface area (Å²) in [7, 11) is 0. The molecule has 1 N–H and O–H groups in total. The van der Waals surface area contributed by atoms with E-state index in [1.807, 2.05) is 32.0 Å². The van der Waals surface area contributed by atoms with Crippen LogP contribution in [0.4, 0.5) is 0 Å². The zero-order valence-corrected chi connectivity index (χ0v) is 13.3. The van der Waals surface area contributed by atoms with Gasteiger partial charge in [-0.15, -0.1) is 0 Å². The molecular weight excluding hydrogens is 276 g/mol. The zero-order chi connectivity index (χ0) is 16.5. The average molecular weight is 296 g/mol. The van der Waals surface area contributed by atoms with Crippen molar-refractivity contribution in [3.05, 3.63) is 70.3 Å². The maximum Gasteiger partial charge on any atom is 0.193 e. The summed E-state index contributed by atoms with van der Waals surface area (Å²) >= 11 is 0. The molecule has 0 aromatic heterocycles. The lowest BCUT2D eigenvalue weighted by Gasteiger charge is -2.18. The van der Waals surface area contributed by atoms with E-state index in [-0.39, 0.29) is 11.6 Å². The first kappa shape index (κ1) is 16.1. The fourth-order valence-electron chi connectivity index (χ4n) is 2.54. The van der Waals surface area contributed by atoms with Crippen LogP contribution in [0.15, 0.2) is 42.5 Å². The molecule has 0 saturated heterocycles. The number of hydrogen-bond acceptors (Lipinski definition) is 3. The first-order chi connectivity index (χ1) is 10.2. The van der Waals surface area contributed by atoms with Crippen LogP contribution in [0.5, 0.6) is 0 Å². The Morgan fingerprint density at radius 3 is 1.86 bits per heavy atom. The number of ketones is 2. The van der Waals surface area contributed by atoms with Crippen molar-refractivity contribution in [3.63, 3.8) is 0 Å². The Kier molecular flexibility index (Phi) is 4.29. The van der Waals surface area contributed by atoms with Crippen LogP contribution >= 0.6 is 0 Å². The van der Waals surface area contributed by atoms with Crippen LogP contribution < -0.4 is 0 Å². The topological polar surface area (TPSA) is 54.4 Å². The number of Topliss-reactive ketones (excluding diaryl/α,β-unsaturated/α-hetero) is 1. The number of rotatable bonds is 4. The van der Waals surface area contributed by atoms with Crippen molar-refractivity contribution in [2.45, 2.75) is 33.3 Å². The fourth-order valence-corrected chi connectivity index (χ4v) is 2.54. The van der Waals surface area contributed by atoms with E-state index in [9.17, 15) is 14.7 Å². The summed E-state index contributed by atoms with van der Waals surface area (Å²) in [4.78, 5) is 24.8. The summed E-state index contributed by atoms with van der Waals surface area (Å²) < 4.78 is 0. The molecule has 0 aliphatic heterocycles. The van der Waals surface area contributed by atoms with Gasteiger partial charge in [-0.25, -0.2) is 0 Å². The first-order valence-electron chi connectivity index (χ1n) is 7.20. The third-order valence-corrected chi connectivity index (χ3v) is 3.61. The van der Waals surface area contributed by atoms with E-state index in [1.54, 1.807) is 24.3 Å². The molecule has 0 aliphatic rings. The predicted octanol–water partition coefficient (Wildman–Crippen LogP) is 3.49.